The third-order valence-corrected chi connectivity index (χ3v) is 3.41. The van der Waals surface area contributed by atoms with Gasteiger partial charge in [0.25, 0.3) is 0 Å². The van der Waals surface area contributed by atoms with Crippen LogP contribution >= 0.6 is 0 Å². The van der Waals surface area contributed by atoms with E-state index in [-0.39, 0.29) is 5.60 Å². The van der Waals surface area contributed by atoms with Gasteiger partial charge in [-0.25, -0.2) is 0 Å². The number of hydrogen-bond acceptors (Lipinski definition) is 3. The van der Waals surface area contributed by atoms with Gasteiger partial charge < -0.3 is 15.8 Å². The Morgan fingerprint density at radius 1 is 1.47 bits per heavy atom. The number of rotatable bonds is 4. The van der Waals surface area contributed by atoms with Crippen LogP contribution < -0.4 is 11.1 Å². The second kappa shape index (κ2) is 5.07. The highest BCUT2D eigenvalue weighted by atomic mass is 16.5. The number of hydrogen-bond donors (Lipinski definition) is 2. The van der Waals surface area contributed by atoms with E-state index >= 15 is 0 Å². The van der Waals surface area contributed by atoms with E-state index in [1.54, 1.807) is 0 Å². The van der Waals surface area contributed by atoms with Crippen molar-refractivity contribution in [1.82, 2.24) is 5.32 Å². The molecule has 0 spiro atoms. The summed E-state index contributed by atoms with van der Waals surface area (Å²) < 4.78 is 5.74. The zero-order valence-corrected chi connectivity index (χ0v) is 10.8. The molecule has 1 aromatic rings. The molecule has 3 heteroatoms. The number of aryl methyl sites for hydroxylation is 1. The van der Waals surface area contributed by atoms with E-state index in [4.69, 9.17) is 10.5 Å². The fourth-order valence-corrected chi connectivity index (χ4v) is 2.33. The van der Waals surface area contributed by atoms with Gasteiger partial charge in [-0.1, -0.05) is 17.7 Å². The maximum atomic E-state index is 5.95. The molecular weight excluding hydrogens is 212 g/mol. The first-order valence-corrected chi connectivity index (χ1v) is 6.29. The molecule has 0 aromatic heterocycles. The van der Waals surface area contributed by atoms with Gasteiger partial charge in [0.1, 0.15) is 0 Å². The number of anilines is 1. The molecule has 0 radical (unpaired) electrons. The molecule has 1 heterocycles. The zero-order valence-electron chi connectivity index (χ0n) is 10.8. The van der Waals surface area contributed by atoms with Gasteiger partial charge in [-0.05, 0) is 38.3 Å². The molecule has 0 saturated carbocycles. The maximum Gasteiger partial charge on any atom is 0.0779 e. The Labute approximate surface area is 103 Å². The van der Waals surface area contributed by atoms with Crippen LogP contribution in [0.25, 0.3) is 0 Å². The number of nitrogens with two attached hydrogens (primary N) is 1. The molecule has 94 valence electrons. The molecule has 1 fully saturated rings. The first kappa shape index (κ1) is 12.4. The van der Waals surface area contributed by atoms with Crippen molar-refractivity contribution in [3.63, 3.8) is 0 Å². The van der Waals surface area contributed by atoms with E-state index in [1.807, 2.05) is 12.1 Å². The minimum Gasteiger partial charge on any atom is -0.398 e. The van der Waals surface area contributed by atoms with Crippen LogP contribution in [-0.4, -0.2) is 18.8 Å². The molecular formula is C14H22N2O. The maximum absolute atomic E-state index is 5.95. The second-order valence-corrected chi connectivity index (χ2v) is 5.21. The van der Waals surface area contributed by atoms with Crippen molar-refractivity contribution < 1.29 is 4.74 Å². The predicted octanol–water partition coefficient (Wildman–Crippen LogP) is 2.24. The van der Waals surface area contributed by atoms with Gasteiger partial charge in [0.05, 0.1) is 5.60 Å². The topological polar surface area (TPSA) is 47.3 Å². The van der Waals surface area contributed by atoms with Crippen molar-refractivity contribution in [3.05, 3.63) is 29.3 Å². The van der Waals surface area contributed by atoms with Crippen LogP contribution in [0.5, 0.6) is 0 Å². The quantitative estimate of drug-likeness (QED) is 0.785. The molecule has 1 unspecified atom stereocenters. The lowest BCUT2D eigenvalue weighted by Crippen LogP contribution is -2.36. The van der Waals surface area contributed by atoms with Crippen molar-refractivity contribution >= 4 is 5.69 Å². The largest absolute Gasteiger partial charge is 0.398 e. The lowest BCUT2D eigenvalue weighted by atomic mass is 10.0. The molecule has 1 saturated heterocycles. The van der Waals surface area contributed by atoms with E-state index in [0.29, 0.717) is 0 Å². The summed E-state index contributed by atoms with van der Waals surface area (Å²) in [4.78, 5) is 0. The smallest absolute Gasteiger partial charge is 0.0779 e. The number of nitrogen functional groups attached to an aromatic ring is 1. The predicted molar refractivity (Wildman–Crippen MR) is 70.9 cm³/mol. The number of benzene rings is 1. The highest BCUT2D eigenvalue weighted by molar-refractivity contribution is 5.48. The molecule has 1 aromatic carbocycles. The van der Waals surface area contributed by atoms with Crippen LogP contribution in [0.2, 0.25) is 0 Å². The van der Waals surface area contributed by atoms with Gasteiger partial charge >= 0.3 is 0 Å². The van der Waals surface area contributed by atoms with Crippen molar-refractivity contribution in [2.45, 2.75) is 38.8 Å². The lowest BCUT2D eigenvalue weighted by Gasteiger charge is -2.23. The highest BCUT2D eigenvalue weighted by Gasteiger charge is 2.28. The third-order valence-electron chi connectivity index (χ3n) is 3.41. The van der Waals surface area contributed by atoms with E-state index in [9.17, 15) is 0 Å². The fourth-order valence-electron chi connectivity index (χ4n) is 2.33. The average Bonchev–Trinajstić information content (AvgIpc) is 2.71. The SMILES string of the molecule is Cc1ccc(N)c(CNCC2(C)CCCO2)c1. The van der Waals surface area contributed by atoms with Crippen LogP contribution in [-0.2, 0) is 11.3 Å². The van der Waals surface area contributed by atoms with Gasteiger partial charge in [0.2, 0.25) is 0 Å². The van der Waals surface area contributed by atoms with Crippen LogP contribution in [0, 0.1) is 6.92 Å². The Hall–Kier alpha value is -1.06. The van der Waals surface area contributed by atoms with Crippen LogP contribution in [0.15, 0.2) is 18.2 Å². The van der Waals surface area contributed by atoms with Crippen molar-refractivity contribution in [2.75, 3.05) is 18.9 Å². The van der Waals surface area contributed by atoms with E-state index in [2.05, 4.69) is 25.2 Å². The molecule has 3 nitrogen and oxygen atoms in total. The van der Waals surface area contributed by atoms with Gasteiger partial charge in [0.15, 0.2) is 0 Å². The summed E-state index contributed by atoms with van der Waals surface area (Å²) in [6.45, 7) is 6.86. The van der Waals surface area contributed by atoms with Crippen LogP contribution in [0.1, 0.15) is 30.9 Å². The van der Waals surface area contributed by atoms with Crippen molar-refractivity contribution in [1.29, 1.82) is 0 Å². The first-order valence-electron chi connectivity index (χ1n) is 6.29. The van der Waals surface area contributed by atoms with E-state index < -0.39 is 0 Å². The summed E-state index contributed by atoms with van der Waals surface area (Å²) in [6, 6.07) is 6.15. The highest BCUT2D eigenvalue weighted by Crippen LogP contribution is 2.24. The normalized spacial score (nSPS) is 24.1. The minimum absolute atomic E-state index is 0.0125. The second-order valence-electron chi connectivity index (χ2n) is 5.21. The molecule has 0 amide bonds. The molecule has 1 atom stereocenters. The molecule has 1 aliphatic rings. The first-order chi connectivity index (χ1) is 8.09. The summed E-state index contributed by atoms with van der Waals surface area (Å²) >= 11 is 0. The van der Waals surface area contributed by atoms with Crippen molar-refractivity contribution in [2.24, 2.45) is 0 Å². The Morgan fingerprint density at radius 3 is 3.00 bits per heavy atom. The number of nitrogens with one attached hydrogen (secondary N) is 1. The summed E-state index contributed by atoms with van der Waals surface area (Å²) in [6.07, 6.45) is 2.31. The summed E-state index contributed by atoms with van der Waals surface area (Å²) in [5.41, 5.74) is 9.24. The van der Waals surface area contributed by atoms with Crippen molar-refractivity contribution in [3.8, 4) is 0 Å². The Morgan fingerprint density at radius 2 is 2.29 bits per heavy atom. The third kappa shape index (κ3) is 3.20. The van der Waals surface area contributed by atoms with Crippen LogP contribution in [0.3, 0.4) is 0 Å². The minimum atomic E-state index is 0.0125. The van der Waals surface area contributed by atoms with Gasteiger partial charge in [-0.3, -0.25) is 0 Å². The molecule has 1 aliphatic heterocycles. The molecule has 3 N–H and O–H groups in total. The Bertz CT molecular complexity index is 384. The molecule has 0 bridgehead atoms. The molecule has 17 heavy (non-hydrogen) atoms. The van der Waals surface area contributed by atoms with Crippen LogP contribution in [0.4, 0.5) is 5.69 Å². The summed E-state index contributed by atoms with van der Waals surface area (Å²) in [7, 11) is 0. The fraction of sp³-hybridized carbons (Fsp3) is 0.571. The lowest BCUT2D eigenvalue weighted by molar-refractivity contribution is 0.0207. The number of ether oxygens (including phenoxy) is 1. The van der Waals surface area contributed by atoms with Gasteiger partial charge in [-0.2, -0.15) is 0 Å². The Kier molecular flexibility index (Phi) is 3.69. The molecule has 0 aliphatic carbocycles. The summed E-state index contributed by atoms with van der Waals surface area (Å²) in [5, 5.41) is 3.45. The zero-order chi connectivity index (χ0) is 12.3. The Balaban J connectivity index is 1.87. The monoisotopic (exact) mass is 234 g/mol. The summed E-state index contributed by atoms with van der Waals surface area (Å²) in [5.74, 6) is 0. The van der Waals surface area contributed by atoms with E-state index in [0.717, 1.165) is 31.8 Å². The standard InChI is InChI=1S/C14H22N2O/c1-11-4-5-13(15)12(8-11)9-16-10-14(2)6-3-7-17-14/h4-5,8,16H,3,6-7,9-10,15H2,1-2H3. The molecule has 2 rings (SSSR count). The average molecular weight is 234 g/mol. The van der Waals surface area contributed by atoms with Gasteiger partial charge in [0, 0.05) is 25.4 Å². The van der Waals surface area contributed by atoms with Gasteiger partial charge in [-0.15, -0.1) is 0 Å². The van der Waals surface area contributed by atoms with E-state index in [1.165, 1.54) is 17.5 Å².